The maximum absolute atomic E-state index is 4.82. The van der Waals surface area contributed by atoms with E-state index < -0.39 is 0 Å². The first-order valence-corrected chi connectivity index (χ1v) is 9.99. The predicted molar refractivity (Wildman–Crippen MR) is 107 cm³/mol. The van der Waals surface area contributed by atoms with Crippen LogP contribution in [-0.4, -0.2) is 40.1 Å². The highest BCUT2D eigenvalue weighted by molar-refractivity contribution is 5.57. The van der Waals surface area contributed by atoms with Crippen molar-refractivity contribution in [1.82, 2.24) is 31.1 Å². The third kappa shape index (κ3) is 4.10. The van der Waals surface area contributed by atoms with Gasteiger partial charge in [-0.3, -0.25) is 15.8 Å². The van der Waals surface area contributed by atoms with Crippen molar-refractivity contribution in [3.8, 4) is 11.5 Å². The molecule has 0 saturated carbocycles. The standard InChI is InChI=1S/C20H29N7/c1-13-15(14(2)27-26-13)6-5-10-23-19-16-8-11-21-12-18(16)24-20(25-19)17-7-3-4-9-22-17/h3-4,7,9,13-15,21,26-27H,5-6,8,10-12H2,1-2H3,(H,23,24,25). The van der Waals surface area contributed by atoms with Crippen LogP contribution in [0.1, 0.15) is 37.9 Å². The molecule has 7 nitrogen and oxygen atoms in total. The van der Waals surface area contributed by atoms with Gasteiger partial charge in [-0.05, 0) is 57.7 Å². The quantitative estimate of drug-likeness (QED) is 0.580. The van der Waals surface area contributed by atoms with Crippen LogP contribution in [0.15, 0.2) is 24.4 Å². The molecule has 1 saturated heterocycles. The van der Waals surface area contributed by atoms with Gasteiger partial charge >= 0.3 is 0 Å². The van der Waals surface area contributed by atoms with Crippen LogP contribution < -0.4 is 21.5 Å². The van der Waals surface area contributed by atoms with Crippen molar-refractivity contribution in [2.24, 2.45) is 5.92 Å². The number of anilines is 1. The van der Waals surface area contributed by atoms with E-state index in [1.807, 2.05) is 18.2 Å². The molecule has 2 unspecified atom stereocenters. The molecule has 0 amide bonds. The first kappa shape index (κ1) is 18.3. The van der Waals surface area contributed by atoms with E-state index in [9.17, 15) is 0 Å². The summed E-state index contributed by atoms with van der Waals surface area (Å²) in [6.45, 7) is 7.20. The smallest absolute Gasteiger partial charge is 0.180 e. The second-order valence-electron chi connectivity index (χ2n) is 7.56. The average molecular weight is 368 g/mol. The maximum atomic E-state index is 4.82. The monoisotopic (exact) mass is 367 g/mol. The van der Waals surface area contributed by atoms with Gasteiger partial charge in [-0.15, -0.1) is 0 Å². The Kier molecular flexibility index (Phi) is 5.61. The number of hydrazine groups is 1. The molecule has 0 aliphatic carbocycles. The average Bonchev–Trinajstić information content (AvgIpc) is 3.03. The molecule has 0 bridgehead atoms. The van der Waals surface area contributed by atoms with Crippen molar-refractivity contribution in [2.75, 3.05) is 18.4 Å². The molecule has 2 aromatic rings. The summed E-state index contributed by atoms with van der Waals surface area (Å²) in [4.78, 5) is 14.0. The van der Waals surface area contributed by atoms with Gasteiger partial charge in [0.25, 0.3) is 0 Å². The second-order valence-corrected chi connectivity index (χ2v) is 7.56. The molecule has 144 valence electrons. The van der Waals surface area contributed by atoms with Crippen LogP contribution in [0, 0.1) is 5.92 Å². The van der Waals surface area contributed by atoms with Gasteiger partial charge in [-0.2, -0.15) is 0 Å². The summed E-state index contributed by atoms with van der Waals surface area (Å²) in [6.07, 6.45) is 5.07. The molecule has 2 aromatic heterocycles. The normalized spacial score (nSPS) is 24.6. The first-order valence-electron chi connectivity index (χ1n) is 9.99. The van der Waals surface area contributed by atoms with Crippen LogP contribution in [-0.2, 0) is 13.0 Å². The highest BCUT2D eigenvalue weighted by atomic mass is 15.4. The van der Waals surface area contributed by atoms with Gasteiger partial charge in [0.15, 0.2) is 5.82 Å². The van der Waals surface area contributed by atoms with E-state index >= 15 is 0 Å². The molecular weight excluding hydrogens is 338 g/mol. The molecule has 4 rings (SSSR count). The molecule has 0 spiro atoms. The van der Waals surface area contributed by atoms with E-state index in [1.165, 1.54) is 12.0 Å². The van der Waals surface area contributed by atoms with E-state index in [1.54, 1.807) is 6.20 Å². The lowest BCUT2D eigenvalue weighted by molar-refractivity contribution is 0.406. The molecule has 2 aliphatic rings. The number of hydrogen-bond donors (Lipinski definition) is 4. The van der Waals surface area contributed by atoms with Crippen LogP contribution >= 0.6 is 0 Å². The number of pyridine rings is 1. The SMILES string of the molecule is CC1NNC(C)C1CCCNc1nc(-c2ccccn2)nc2c1CCNC2. The molecule has 1 fully saturated rings. The van der Waals surface area contributed by atoms with Gasteiger partial charge in [0.1, 0.15) is 11.5 Å². The van der Waals surface area contributed by atoms with Crippen molar-refractivity contribution in [3.63, 3.8) is 0 Å². The summed E-state index contributed by atoms with van der Waals surface area (Å²) >= 11 is 0. The number of aromatic nitrogens is 3. The van der Waals surface area contributed by atoms with Gasteiger partial charge < -0.3 is 10.6 Å². The topological polar surface area (TPSA) is 86.8 Å². The van der Waals surface area contributed by atoms with Crippen molar-refractivity contribution in [3.05, 3.63) is 35.7 Å². The minimum atomic E-state index is 0.522. The van der Waals surface area contributed by atoms with E-state index in [0.717, 1.165) is 49.7 Å². The summed E-state index contributed by atoms with van der Waals surface area (Å²) in [6, 6.07) is 6.90. The minimum Gasteiger partial charge on any atom is -0.370 e. The van der Waals surface area contributed by atoms with Crippen molar-refractivity contribution in [1.29, 1.82) is 0 Å². The van der Waals surface area contributed by atoms with Crippen LogP contribution in [0.25, 0.3) is 11.5 Å². The third-order valence-corrected chi connectivity index (χ3v) is 5.66. The summed E-state index contributed by atoms with van der Waals surface area (Å²) in [5.74, 6) is 2.34. The molecule has 4 heterocycles. The van der Waals surface area contributed by atoms with Gasteiger partial charge in [0.05, 0.1) is 5.69 Å². The largest absolute Gasteiger partial charge is 0.370 e. The highest BCUT2D eigenvalue weighted by Crippen LogP contribution is 2.25. The number of rotatable bonds is 6. The molecule has 2 atom stereocenters. The Hall–Kier alpha value is -2.09. The molecule has 0 radical (unpaired) electrons. The summed E-state index contributed by atoms with van der Waals surface area (Å²) in [7, 11) is 0. The second kappa shape index (κ2) is 8.29. The number of nitrogens with zero attached hydrogens (tertiary/aromatic N) is 3. The molecule has 7 heteroatoms. The number of hydrogen-bond acceptors (Lipinski definition) is 7. The Morgan fingerprint density at radius 3 is 2.78 bits per heavy atom. The Morgan fingerprint density at radius 2 is 2.00 bits per heavy atom. The van der Waals surface area contributed by atoms with Crippen LogP contribution in [0.3, 0.4) is 0 Å². The highest BCUT2D eigenvalue weighted by Gasteiger charge is 2.28. The molecule has 4 N–H and O–H groups in total. The molecule has 27 heavy (non-hydrogen) atoms. The van der Waals surface area contributed by atoms with Gasteiger partial charge in [-0.25, -0.2) is 9.97 Å². The van der Waals surface area contributed by atoms with E-state index in [2.05, 4.69) is 40.3 Å². The molecule has 0 aromatic carbocycles. The zero-order chi connectivity index (χ0) is 18.6. The van der Waals surface area contributed by atoms with Crippen LogP contribution in [0.5, 0.6) is 0 Å². The third-order valence-electron chi connectivity index (χ3n) is 5.66. The molecular formula is C20H29N7. The zero-order valence-corrected chi connectivity index (χ0v) is 16.1. The number of nitrogens with one attached hydrogen (secondary N) is 4. The zero-order valence-electron chi connectivity index (χ0n) is 16.1. The Morgan fingerprint density at radius 1 is 1.15 bits per heavy atom. The first-order chi connectivity index (χ1) is 13.2. The van der Waals surface area contributed by atoms with Crippen molar-refractivity contribution in [2.45, 2.75) is 51.7 Å². The van der Waals surface area contributed by atoms with Gasteiger partial charge in [-0.1, -0.05) is 6.07 Å². The van der Waals surface area contributed by atoms with E-state index in [0.29, 0.717) is 23.8 Å². The number of fused-ring (bicyclic) bond motifs is 1. The fourth-order valence-corrected chi connectivity index (χ4v) is 4.07. The van der Waals surface area contributed by atoms with Gasteiger partial charge in [0.2, 0.25) is 0 Å². The fourth-order valence-electron chi connectivity index (χ4n) is 4.07. The summed E-state index contributed by atoms with van der Waals surface area (Å²) in [5, 5.41) is 7.00. The van der Waals surface area contributed by atoms with Crippen molar-refractivity contribution >= 4 is 5.82 Å². The van der Waals surface area contributed by atoms with Crippen LogP contribution in [0.4, 0.5) is 5.82 Å². The maximum Gasteiger partial charge on any atom is 0.180 e. The fraction of sp³-hybridized carbons (Fsp3) is 0.550. The lowest BCUT2D eigenvalue weighted by Crippen LogP contribution is -2.30. The Balaban J connectivity index is 1.46. The summed E-state index contributed by atoms with van der Waals surface area (Å²) in [5.41, 5.74) is 9.84. The van der Waals surface area contributed by atoms with Crippen LogP contribution in [0.2, 0.25) is 0 Å². The predicted octanol–water partition coefficient (Wildman–Crippen LogP) is 1.88. The lowest BCUT2D eigenvalue weighted by atomic mass is 9.92. The van der Waals surface area contributed by atoms with E-state index in [4.69, 9.17) is 9.97 Å². The molecule has 2 aliphatic heterocycles. The Labute approximate surface area is 160 Å². The summed E-state index contributed by atoms with van der Waals surface area (Å²) < 4.78 is 0. The lowest BCUT2D eigenvalue weighted by Gasteiger charge is -2.21. The van der Waals surface area contributed by atoms with Crippen molar-refractivity contribution < 1.29 is 0 Å². The van der Waals surface area contributed by atoms with Gasteiger partial charge in [0, 0.05) is 36.9 Å². The van der Waals surface area contributed by atoms with E-state index in [-0.39, 0.29) is 0 Å². The Bertz CT molecular complexity index is 754. The minimum absolute atomic E-state index is 0.522.